The third kappa shape index (κ3) is 3.05. The number of hydrogen-bond acceptors (Lipinski definition) is 2. The second kappa shape index (κ2) is 4.74. The summed E-state index contributed by atoms with van der Waals surface area (Å²) in [6.07, 6.45) is -2.30. The molecule has 0 spiro atoms. The smallest absolute Gasteiger partial charge is 0.250 e. The van der Waals surface area contributed by atoms with Crippen LogP contribution in [0.25, 0.3) is 0 Å². The molecule has 0 saturated heterocycles. The average molecular weight is 212 g/mol. The summed E-state index contributed by atoms with van der Waals surface area (Å²) in [6, 6.07) is 1.76. The zero-order chi connectivity index (χ0) is 8.97. The molecule has 1 nitrogen and oxygen atoms in total. The van der Waals surface area contributed by atoms with E-state index in [0.717, 1.165) is 4.88 Å². The van der Waals surface area contributed by atoms with Crippen LogP contribution >= 0.6 is 22.9 Å². The maximum absolute atomic E-state index is 11.7. The van der Waals surface area contributed by atoms with Crippen molar-refractivity contribution in [3.63, 3.8) is 0 Å². The third-order valence-electron chi connectivity index (χ3n) is 1.28. The lowest BCUT2D eigenvalue weighted by Gasteiger charge is -2.01. The Balaban J connectivity index is 2.29. The van der Waals surface area contributed by atoms with E-state index in [-0.39, 0.29) is 6.54 Å². The van der Waals surface area contributed by atoms with Gasteiger partial charge in [0.1, 0.15) is 0 Å². The van der Waals surface area contributed by atoms with Crippen molar-refractivity contribution < 1.29 is 8.78 Å². The molecule has 0 bridgehead atoms. The Hall–Kier alpha value is -0.190. The standard InChI is InChI=1S/C7H8ClF2NS/c8-5-1-2-12-6(5)3-11-4-7(9)10/h1-2,7,11H,3-4H2. The first-order valence-corrected chi connectivity index (χ1v) is 4.66. The van der Waals surface area contributed by atoms with E-state index in [1.54, 1.807) is 6.07 Å². The molecule has 0 aliphatic rings. The first-order valence-electron chi connectivity index (χ1n) is 3.41. The van der Waals surface area contributed by atoms with Crippen molar-refractivity contribution in [2.45, 2.75) is 13.0 Å². The van der Waals surface area contributed by atoms with E-state index in [1.165, 1.54) is 11.3 Å². The van der Waals surface area contributed by atoms with Gasteiger partial charge in [0.15, 0.2) is 0 Å². The monoisotopic (exact) mass is 211 g/mol. The first kappa shape index (κ1) is 9.89. The van der Waals surface area contributed by atoms with Gasteiger partial charge in [0, 0.05) is 11.4 Å². The Labute approximate surface area is 78.4 Å². The molecule has 0 unspecified atom stereocenters. The van der Waals surface area contributed by atoms with Crippen molar-refractivity contribution in [1.29, 1.82) is 0 Å². The topological polar surface area (TPSA) is 12.0 Å². The summed E-state index contributed by atoms with van der Waals surface area (Å²) in [5.41, 5.74) is 0. The van der Waals surface area contributed by atoms with Gasteiger partial charge in [-0.3, -0.25) is 0 Å². The van der Waals surface area contributed by atoms with E-state index in [9.17, 15) is 8.78 Å². The molecule has 68 valence electrons. The number of nitrogens with one attached hydrogen (secondary N) is 1. The lowest BCUT2D eigenvalue weighted by atomic mass is 10.4. The summed E-state index contributed by atoms with van der Waals surface area (Å²) in [6.45, 7) is 0.134. The molecule has 0 fully saturated rings. The molecule has 1 rings (SSSR count). The molecule has 0 aliphatic carbocycles. The van der Waals surface area contributed by atoms with Crippen molar-refractivity contribution in [1.82, 2.24) is 5.32 Å². The minimum atomic E-state index is -2.30. The summed E-state index contributed by atoms with van der Waals surface area (Å²) in [7, 11) is 0. The van der Waals surface area contributed by atoms with Crippen molar-refractivity contribution in [2.75, 3.05) is 6.54 Å². The summed E-state index contributed by atoms with van der Waals surface area (Å²) in [5, 5.41) is 5.08. The van der Waals surface area contributed by atoms with Gasteiger partial charge in [-0.15, -0.1) is 11.3 Å². The second-order valence-corrected chi connectivity index (χ2v) is 3.62. The summed E-state index contributed by atoms with van der Waals surface area (Å²) < 4.78 is 23.3. The fraction of sp³-hybridized carbons (Fsp3) is 0.429. The van der Waals surface area contributed by atoms with E-state index in [0.29, 0.717) is 11.6 Å². The lowest BCUT2D eigenvalue weighted by molar-refractivity contribution is 0.145. The zero-order valence-electron chi connectivity index (χ0n) is 6.19. The van der Waals surface area contributed by atoms with Crippen LogP contribution in [0.3, 0.4) is 0 Å². The second-order valence-electron chi connectivity index (χ2n) is 2.21. The van der Waals surface area contributed by atoms with Gasteiger partial charge in [-0.05, 0) is 11.4 Å². The van der Waals surface area contributed by atoms with E-state index in [2.05, 4.69) is 5.32 Å². The lowest BCUT2D eigenvalue weighted by Crippen LogP contribution is -2.20. The van der Waals surface area contributed by atoms with Crippen LogP contribution in [-0.2, 0) is 6.54 Å². The molecule has 1 aromatic heterocycles. The van der Waals surface area contributed by atoms with Crippen molar-refractivity contribution in [2.24, 2.45) is 0 Å². The molecule has 12 heavy (non-hydrogen) atoms. The van der Waals surface area contributed by atoms with Gasteiger partial charge in [-0.2, -0.15) is 0 Å². The Morgan fingerprint density at radius 3 is 2.83 bits per heavy atom. The molecule has 5 heteroatoms. The molecule has 1 aromatic rings. The van der Waals surface area contributed by atoms with Crippen LogP contribution in [0.4, 0.5) is 8.78 Å². The van der Waals surface area contributed by atoms with Gasteiger partial charge in [0.2, 0.25) is 0 Å². The number of halogens is 3. The Kier molecular flexibility index (Phi) is 3.91. The molecular formula is C7H8ClF2NS. The average Bonchev–Trinajstić information content (AvgIpc) is 2.36. The number of hydrogen-bond donors (Lipinski definition) is 1. The van der Waals surface area contributed by atoms with Gasteiger partial charge < -0.3 is 5.32 Å². The van der Waals surface area contributed by atoms with E-state index >= 15 is 0 Å². The predicted octanol–water partition coefficient (Wildman–Crippen LogP) is 2.76. The van der Waals surface area contributed by atoms with Gasteiger partial charge >= 0.3 is 0 Å². The third-order valence-corrected chi connectivity index (χ3v) is 2.66. The van der Waals surface area contributed by atoms with Crippen LogP contribution in [0.15, 0.2) is 11.4 Å². The van der Waals surface area contributed by atoms with Crippen LogP contribution in [-0.4, -0.2) is 13.0 Å². The summed E-state index contributed by atoms with van der Waals surface area (Å²) in [5.74, 6) is 0. The van der Waals surface area contributed by atoms with Gasteiger partial charge in [0.25, 0.3) is 6.43 Å². The molecule has 0 aliphatic heterocycles. The van der Waals surface area contributed by atoms with Gasteiger partial charge in [-0.1, -0.05) is 11.6 Å². The maximum atomic E-state index is 11.7. The quantitative estimate of drug-likeness (QED) is 0.808. The van der Waals surface area contributed by atoms with Gasteiger partial charge in [-0.25, -0.2) is 8.78 Å². The maximum Gasteiger partial charge on any atom is 0.250 e. The van der Waals surface area contributed by atoms with Crippen LogP contribution in [0.2, 0.25) is 5.02 Å². The Morgan fingerprint density at radius 2 is 2.33 bits per heavy atom. The van der Waals surface area contributed by atoms with E-state index in [1.807, 2.05) is 5.38 Å². The molecule has 0 aromatic carbocycles. The highest BCUT2D eigenvalue weighted by Crippen LogP contribution is 2.21. The summed E-state index contributed by atoms with van der Waals surface area (Å²) >= 11 is 7.20. The molecule has 0 atom stereocenters. The minimum absolute atomic E-state index is 0.284. The molecule has 0 radical (unpaired) electrons. The minimum Gasteiger partial charge on any atom is -0.306 e. The van der Waals surface area contributed by atoms with Crippen molar-refractivity contribution in [3.05, 3.63) is 21.3 Å². The van der Waals surface area contributed by atoms with Crippen molar-refractivity contribution in [3.8, 4) is 0 Å². The van der Waals surface area contributed by atoms with Gasteiger partial charge in [0.05, 0.1) is 11.6 Å². The first-order chi connectivity index (χ1) is 5.70. The van der Waals surface area contributed by atoms with E-state index in [4.69, 9.17) is 11.6 Å². The molecule has 1 heterocycles. The highest BCUT2D eigenvalue weighted by atomic mass is 35.5. The van der Waals surface area contributed by atoms with Crippen LogP contribution in [0.1, 0.15) is 4.88 Å². The highest BCUT2D eigenvalue weighted by Gasteiger charge is 2.03. The van der Waals surface area contributed by atoms with Crippen molar-refractivity contribution >= 4 is 22.9 Å². The molecule has 1 N–H and O–H groups in total. The fourth-order valence-corrected chi connectivity index (χ4v) is 1.82. The Bertz CT molecular complexity index is 239. The Morgan fingerprint density at radius 1 is 1.58 bits per heavy atom. The normalized spacial score (nSPS) is 11.0. The SMILES string of the molecule is FC(F)CNCc1sccc1Cl. The fourth-order valence-electron chi connectivity index (χ4n) is 0.746. The number of alkyl halides is 2. The molecular weight excluding hydrogens is 204 g/mol. The molecule has 0 saturated carbocycles. The van der Waals surface area contributed by atoms with E-state index < -0.39 is 6.43 Å². The largest absolute Gasteiger partial charge is 0.306 e. The van der Waals surface area contributed by atoms with Crippen LogP contribution < -0.4 is 5.32 Å². The summed E-state index contributed by atoms with van der Waals surface area (Å²) in [4.78, 5) is 0.900. The highest BCUT2D eigenvalue weighted by molar-refractivity contribution is 7.10. The van der Waals surface area contributed by atoms with Crippen LogP contribution in [0.5, 0.6) is 0 Å². The predicted molar refractivity (Wildman–Crippen MR) is 47.0 cm³/mol. The molecule has 0 amide bonds. The number of rotatable bonds is 4. The number of thiophene rings is 1. The van der Waals surface area contributed by atoms with Crippen LogP contribution in [0, 0.1) is 0 Å². The zero-order valence-corrected chi connectivity index (χ0v) is 7.76.